The molecule has 0 atom stereocenters. The number of rotatable bonds is 7. The van der Waals surface area contributed by atoms with Crippen LogP contribution < -0.4 is 5.73 Å². The Kier molecular flexibility index (Phi) is 6.70. The van der Waals surface area contributed by atoms with Gasteiger partial charge < -0.3 is 5.73 Å². The van der Waals surface area contributed by atoms with Crippen molar-refractivity contribution in [2.75, 3.05) is 6.54 Å². The van der Waals surface area contributed by atoms with Crippen LogP contribution in [0.4, 0.5) is 4.39 Å². The first kappa shape index (κ1) is 26.9. The SMILES string of the molecule is NC(=O)c1cc2c(s1)CCCn1ncc(-c3ccc(-c4cccc5c4C(=O)N(CCCc4cccc(F)c4)C5=O)nc3)c1-2. The van der Waals surface area contributed by atoms with Gasteiger partial charge in [0.1, 0.15) is 5.82 Å². The fraction of sp³-hybridized carbons (Fsp3) is 0.182. The summed E-state index contributed by atoms with van der Waals surface area (Å²) in [7, 11) is 0. The number of hydrogen-bond acceptors (Lipinski definition) is 6. The number of primary amides is 1. The first-order valence-electron chi connectivity index (χ1n) is 14.1. The van der Waals surface area contributed by atoms with Crippen molar-refractivity contribution in [3.05, 3.63) is 105 Å². The van der Waals surface area contributed by atoms with E-state index in [1.807, 2.05) is 35.1 Å². The minimum Gasteiger partial charge on any atom is -0.365 e. The summed E-state index contributed by atoms with van der Waals surface area (Å²) in [5.41, 5.74) is 11.9. The molecule has 2 aromatic carbocycles. The predicted molar refractivity (Wildman–Crippen MR) is 161 cm³/mol. The lowest BCUT2D eigenvalue weighted by molar-refractivity contribution is 0.0652. The fourth-order valence-corrected chi connectivity index (χ4v) is 7.03. The Morgan fingerprint density at radius 3 is 2.58 bits per heavy atom. The lowest BCUT2D eigenvalue weighted by Crippen LogP contribution is -2.31. The van der Waals surface area contributed by atoms with Gasteiger partial charge in [-0.25, -0.2) is 4.39 Å². The number of thiophene rings is 1. The third-order valence-corrected chi connectivity index (χ3v) is 9.22. The molecule has 0 fully saturated rings. The van der Waals surface area contributed by atoms with E-state index in [1.165, 1.54) is 28.4 Å². The van der Waals surface area contributed by atoms with Gasteiger partial charge in [-0.1, -0.05) is 30.3 Å². The van der Waals surface area contributed by atoms with Crippen molar-refractivity contribution in [3.8, 4) is 33.6 Å². The van der Waals surface area contributed by atoms with Gasteiger partial charge in [-0.3, -0.25) is 28.9 Å². The molecule has 0 radical (unpaired) electrons. The van der Waals surface area contributed by atoms with E-state index in [-0.39, 0.29) is 24.2 Å². The summed E-state index contributed by atoms with van der Waals surface area (Å²) >= 11 is 1.43. The van der Waals surface area contributed by atoms with Crippen LogP contribution in [0.25, 0.3) is 33.6 Å². The molecule has 5 aromatic rings. The molecule has 5 heterocycles. The van der Waals surface area contributed by atoms with E-state index in [0.717, 1.165) is 52.2 Å². The van der Waals surface area contributed by atoms with Crippen LogP contribution in [0.15, 0.2) is 73.1 Å². The second-order valence-corrected chi connectivity index (χ2v) is 11.8. The normalized spacial score (nSPS) is 13.9. The molecule has 7 rings (SSSR count). The van der Waals surface area contributed by atoms with Gasteiger partial charge in [0.25, 0.3) is 17.7 Å². The highest BCUT2D eigenvalue weighted by Crippen LogP contribution is 2.41. The maximum absolute atomic E-state index is 13.5. The second-order valence-electron chi connectivity index (χ2n) is 10.7. The Hall–Kier alpha value is -4.96. The van der Waals surface area contributed by atoms with E-state index >= 15 is 0 Å². The van der Waals surface area contributed by atoms with Gasteiger partial charge in [-0.15, -0.1) is 11.3 Å². The number of aromatic nitrogens is 3. The quantitative estimate of drug-likeness (QED) is 0.242. The van der Waals surface area contributed by atoms with Gasteiger partial charge in [-0.2, -0.15) is 5.10 Å². The molecular formula is C33H26FN5O3S. The number of pyridine rings is 1. The van der Waals surface area contributed by atoms with E-state index in [1.54, 1.807) is 30.5 Å². The van der Waals surface area contributed by atoms with Gasteiger partial charge in [0.05, 0.1) is 33.6 Å². The highest BCUT2D eigenvalue weighted by molar-refractivity contribution is 7.14. The molecule has 0 spiro atoms. The van der Waals surface area contributed by atoms with Gasteiger partial charge in [0.2, 0.25) is 0 Å². The monoisotopic (exact) mass is 591 g/mol. The van der Waals surface area contributed by atoms with Crippen LogP contribution in [-0.2, 0) is 19.4 Å². The van der Waals surface area contributed by atoms with Crippen LogP contribution in [0.5, 0.6) is 0 Å². The van der Waals surface area contributed by atoms with E-state index in [4.69, 9.17) is 10.7 Å². The number of hydrogen-bond donors (Lipinski definition) is 1. The highest BCUT2D eigenvalue weighted by atomic mass is 32.1. The minimum atomic E-state index is -0.440. The molecule has 0 bridgehead atoms. The van der Waals surface area contributed by atoms with Crippen LogP contribution in [0, 0.1) is 5.82 Å². The van der Waals surface area contributed by atoms with Gasteiger partial charge in [-0.05, 0) is 61.6 Å². The Morgan fingerprint density at radius 2 is 1.79 bits per heavy atom. The van der Waals surface area contributed by atoms with Crippen molar-refractivity contribution in [1.82, 2.24) is 19.7 Å². The Morgan fingerprint density at radius 1 is 0.953 bits per heavy atom. The number of benzene rings is 2. The molecule has 0 saturated heterocycles. The zero-order chi connectivity index (χ0) is 29.7. The third-order valence-electron chi connectivity index (χ3n) is 8.01. The van der Waals surface area contributed by atoms with Gasteiger partial charge in [0, 0.05) is 46.4 Å². The van der Waals surface area contributed by atoms with Crippen LogP contribution >= 0.6 is 11.3 Å². The predicted octanol–water partition coefficient (Wildman–Crippen LogP) is 5.75. The molecule has 43 heavy (non-hydrogen) atoms. The average molecular weight is 592 g/mol. The molecule has 8 nitrogen and oxygen atoms in total. The number of amides is 3. The van der Waals surface area contributed by atoms with Crippen molar-refractivity contribution in [2.24, 2.45) is 5.73 Å². The smallest absolute Gasteiger partial charge is 0.262 e. The molecule has 3 amide bonds. The maximum Gasteiger partial charge on any atom is 0.262 e. The Bertz CT molecular complexity index is 1930. The van der Waals surface area contributed by atoms with E-state index < -0.39 is 5.91 Å². The third kappa shape index (κ3) is 4.73. The number of carbonyl (C=O) groups excluding carboxylic acids is 3. The summed E-state index contributed by atoms with van der Waals surface area (Å²) in [4.78, 5) is 46.2. The number of nitrogens with two attached hydrogens (primary N) is 1. The summed E-state index contributed by atoms with van der Waals surface area (Å²) < 4.78 is 15.5. The molecule has 2 aliphatic rings. The summed E-state index contributed by atoms with van der Waals surface area (Å²) in [5, 5.41) is 4.62. The number of carbonyl (C=O) groups is 3. The fourth-order valence-electron chi connectivity index (χ4n) is 5.97. The molecular weight excluding hydrogens is 565 g/mol. The van der Waals surface area contributed by atoms with E-state index in [2.05, 4.69) is 5.10 Å². The topological polar surface area (TPSA) is 111 Å². The van der Waals surface area contributed by atoms with E-state index in [0.29, 0.717) is 40.1 Å². The van der Waals surface area contributed by atoms with Crippen molar-refractivity contribution < 1.29 is 18.8 Å². The van der Waals surface area contributed by atoms with Crippen LogP contribution in [0.1, 0.15) is 53.7 Å². The Balaban J connectivity index is 1.16. The average Bonchev–Trinajstić information content (AvgIpc) is 3.66. The molecule has 0 saturated carbocycles. The summed E-state index contributed by atoms with van der Waals surface area (Å²) in [6.45, 7) is 1.00. The zero-order valence-electron chi connectivity index (χ0n) is 23.0. The van der Waals surface area contributed by atoms with Crippen LogP contribution in [0.3, 0.4) is 0 Å². The molecule has 2 N–H and O–H groups in total. The van der Waals surface area contributed by atoms with Crippen LogP contribution in [-0.4, -0.2) is 43.9 Å². The van der Waals surface area contributed by atoms with Crippen molar-refractivity contribution in [2.45, 2.75) is 32.2 Å². The summed E-state index contributed by atoms with van der Waals surface area (Å²) in [5.74, 6) is -1.43. The highest BCUT2D eigenvalue weighted by Gasteiger charge is 2.37. The van der Waals surface area contributed by atoms with Gasteiger partial charge in [0.15, 0.2) is 0 Å². The number of halogens is 1. The molecule has 0 unspecified atom stereocenters. The zero-order valence-corrected chi connectivity index (χ0v) is 23.9. The largest absolute Gasteiger partial charge is 0.365 e. The lowest BCUT2D eigenvalue weighted by atomic mass is 9.98. The summed E-state index contributed by atoms with van der Waals surface area (Å²) in [6.07, 6.45) is 6.39. The van der Waals surface area contributed by atoms with Gasteiger partial charge >= 0.3 is 0 Å². The summed E-state index contributed by atoms with van der Waals surface area (Å²) in [6, 6.07) is 17.2. The second kappa shape index (κ2) is 10.7. The Labute approximate surface area is 250 Å². The molecule has 10 heteroatoms. The number of imide groups is 1. The molecule has 3 aromatic heterocycles. The first-order chi connectivity index (χ1) is 20.9. The molecule has 0 aliphatic carbocycles. The molecule has 214 valence electrons. The van der Waals surface area contributed by atoms with E-state index in [9.17, 15) is 18.8 Å². The van der Waals surface area contributed by atoms with Crippen molar-refractivity contribution in [1.29, 1.82) is 0 Å². The maximum atomic E-state index is 13.5. The number of fused-ring (bicyclic) bond motifs is 4. The van der Waals surface area contributed by atoms with Crippen molar-refractivity contribution in [3.63, 3.8) is 0 Å². The minimum absolute atomic E-state index is 0.240. The first-order valence-corrected chi connectivity index (χ1v) is 14.9. The lowest BCUT2D eigenvalue weighted by Gasteiger charge is -2.14. The van der Waals surface area contributed by atoms with Crippen LogP contribution in [0.2, 0.25) is 0 Å². The van der Waals surface area contributed by atoms with Crippen molar-refractivity contribution >= 4 is 29.1 Å². The molecule has 2 aliphatic heterocycles. The standard InChI is InChI=1S/C33H26FN5O3S/c34-21-7-1-5-19(15-21)6-3-13-38-32(41)23-9-2-8-22(29(23)33(38)42)26-12-11-20(17-36-26)25-18-37-39-14-4-10-27-24(30(25)39)16-28(43-27)31(35)40/h1-2,5,7-9,11-12,15-18H,3-4,6,10,13-14H2,(H2,35,40). The number of nitrogens with zero attached hydrogens (tertiary/aromatic N) is 4. The number of aryl methyl sites for hydroxylation is 3.